The van der Waals surface area contributed by atoms with Crippen molar-refractivity contribution in [2.24, 2.45) is 5.92 Å². The van der Waals surface area contributed by atoms with Crippen LogP contribution < -0.4 is 10.1 Å². The molecule has 0 radical (unpaired) electrons. The molecule has 2 aromatic carbocycles. The Bertz CT molecular complexity index is 1350. The van der Waals surface area contributed by atoms with Crippen molar-refractivity contribution < 1.29 is 28.6 Å². The van der Waals surface area contributed by atoms with E-state index < -0.39 is 29.6 Å². The molecular formula is C30H35N3O6. The number of carbonyl (C=O) groups is 3. The molecule has 206 valence electrons. The lowest BCUT2D eigenvalue weighted by Crippen LogP contribution is -2.55. The third kappa shape index (κ3) is 7.04. The highest BCUT2D eigenvalue weighted by Crippen LogP contribution is 2.23. The molecule has 1 saturated heterocycles. The number of methoxy groups -OCH3 is 1. The van der Waals surface area contributed by atoms with Gasteiger partial charge in [-0.05, 0) is 70.5 Å². The van der Waals surface area contributed by atoms with Gasteiger partial charge in [-0.1, -0.05) is 18.2 Å². The smallest absolute Gasteiger partial charge is 0.410 e. The van der Waals surface area contributed by atoms with Gasteiger partial charge in [0.15, 0.2) is 0 Å². The Hall–Kier alpha value is -4.14. The van der Waals surface area contributed by atoms with E-state index in [9.17, 15) is 14.4 Å². The number of pyridine rings is 1. The molecular weight excluding hydrogens is 498 g/mol. The Labute approximate surface area is 228 Å². The molecule has 9 nitrogen and oxygen atoms in total. The van der Waals surface area contributed by atoms with Crippen LogP contribution >= 0.6 is 0 Å². The second-order valence-electron chi connectivity index (χ2n) is 10.7. The summed E-state index contributed by atoms with van der Waals surface area (Å²) in [4.78, 5) is 44.1. The lowest BCUT2D eigenvalue weighted by atomic mass is 9.92. The quantitative estimate of drug-likeness (QED) is 0.460. The standard InChI is InChI=1S/C30H35N3O6/c1-19-16-21(23-8-6-7-9-25(23)31-19)18-38-22-12-10-20(11-13-22)27(34)32-26-14-15-33(17-24(26)28(35)37-5)29(36)39-30(2,3)4/h6-13,16,24,26H,14-15,17-18H2,1-5H3,(H,32,34)/t24-,26+/m0/s1. The third-order valence-corrected chi connectivity index (χ3v) is 6.53. The summed E-state index contributed by atoms with van der Waals surface area (Å²) in [6, 6.07) is 16.3. The average Bonchev–Trinajstić information content (AvgIpc) is 2.90. The van der Waals surface area contributed by atoms with Gasteiger partial charge in [-0.3, -0.25) is 14.6 Å². The summed E-state index contributed by atoms with van der Waals surface area (Å²) in [7, 11) is 1.29. The maximum absolute atomic E-state index is 13.0. The molecule has 2 atom stereocenters. The first kappa shape index (κ1) is 27.9. The molecule has 3 aromatic rings. The largest absolute Gasteiger partial charge is 0.489 e. The zero-order chi connectivity index (χ0) is 28.2. The highest BCUT2D eigenvalue weighted by Gasteiger charge is 2.39. The molecule has 9 heteroatoms. The van der Waals surface area contributed by atoms with E-state index in [2.05, 4.69) is 10.3 Å². The van der Waals surface area contributed by atoms with Crippen LogP contribution in [0.3, 0.4) is 0 Å². The topological polar surface area (TPSA) is 107 Å². The van der Waals surface area contributed by atoms with E-state index in [4.69, 9.17) is 14.2 Å². The summed E-state index contributed by atoms with van der Waals surface area (Å²) in [5.41, 5.74) is 2.66. The summed E-state index contributed by atoms with van der Waals surface area (Å²) >= 11 is 0. The number of hydrogen-bond donors (Lipinski definition) is 1. The van der Waals surface area contributed by atoms with Crippen LogP contribution in [0.15, 0.2) is 54.6 Å². The van der Waals surface area contributed by atoms with Crippen LogP contribution in [0.25, 0.3) is 10.9 Å². The predicted molar refractivity (Wildman–Crippen MR) is 146 cm³/mol. The van der Waals surface area contributed by atoms with Crippen LogP contribution in [0.5, 0.6) is 5.75 Å². The minimum absolute atomic E-state index is 0.0997. The first-order valence-electron chi connectivity index (χ1n) is 13.0. The molecule has 2 amide bonds. The number of esters is 1. The molecule has 0 unspecified atom stereocenters. The zero-order valence-corrected chi connectivity index (χ0v) is 23.0. The van der Waals surface area contributed by atoms with Gasteiger partial charge in [0.05, 0.1) is 18.5 Å². The Kier molecular flexibility index (Phi) is 8.38. The highest BCUT2D eigenvalue weighted by atomic mass is 16.6. The predicted octanol–water partition coefficient (Wildman–Crippen LogP) is 4.65. The summed E-state index contributed by atoms with van der Waals surface area (Å²) in [6.45, 7) is 8.13. The number of aryl methyl sites for hydroxylation is 1. The molecule has 1 aromatic heterocycles. The van der Waals surface area contributed by atoms with Crippen LogP contribution in [0.1, 0.15) is 48.8 Å². The van der Waals surface area contributed by atoms with Gasteiger partial charge in [0, 0.05) is 41.3 Å². The van der Waals surface area contributed by atoms with Crippen molar-refractivity contribution >= 4 is 28.9 Å². The van der Waals surface area contributed by atoms with Crippen molar-refractivity contribution in [2.75, 3.05) is 20.2 Å². The first-order valence-corrected chi connectivity index (χ1v) is 13.0. The van der Waals surface area contributed by atoms with Gasteiger partial charge in [-0.15, -0.1) is 0 Å². The van der Waals surface area contributed by atoms with Crippen molar-refractivity contribution in [3.8, 4) is 5.75 Å². The summed E-state index contributed by atoms with van der Waals surface area (Å²) in [6.07, 6.45) is -0.0997. The number of fused-ring (bicyclic) bond motifs is 1. The number of carbonyl (C=O) groups excluding carboxylic acids is 3. The number of nitrogens with one attached hydrogen (secondary N) is 1. The number of ether oxygens (including phenoxy) is 3. The van der Waals surface area contributed by atoms with Crippen LogP contribution in [0, 0.1) is 12.8 Å². The normalized spacial score (nSPS) is 17.4. The lowest BCUT2D eigenvalue weighted by Gasteiger charge is -2.37. The summed E-state index contributed by atoms with van der Waals surface area (Å²) < 4.78 is 16.4. The van der Waals surface area contributed by atoms with E-state index in [-0.39, 0.29) is 12.5 Å². The van der Waals surface area contributed by atoms with Crippen LogP contribution in [0.2, 0.25) is 0 Å². The number of nitrogens with zero attached hydrogens (tertiary/aromatic N) is 2. The number of rotatable bonds is 6. The van der Waals surface area contributed by atoms with Gasteiger partial charge in [-0.2, -0.15) is 0 Å². The SMILES string of the molecule is COC(=O)[C@H]1CN(C(=O)OC(C)(C)C)CC[C@H]1NC(=O)c1ccc(OCc2cc(C)nc3ccccc23)cc1. The van der Waals surface area contributed by atoms with Crippen molar-refractivity contribution in [3.63, 3.8) is 0 Å². The molecule has 1 N–H and O–H groups in total. The van der Waals surface area contributed by atoms with Gasteiger partial charge in [0.25, 0.3) is 5.91 Å². The molecule has 0 saturated carbocycles. The van der Waals surface area contributed by atoms with E-state index >= 15 is 0 Å². The molecule has 4 rings (SSSR count). The minimum Gasteiger partial charge on any atom is -0.489 e. The molecule has 1 aliphatic heterocycles. The Morgan fingerprint density at radius 2 is 1.79 bits per heavy atom. The fourth-order valence-electron chi connectivity index (χ4n) is 4.64. The van der Waals surface area contributed by atoms with Crippen molar-refractivity contribution in [1.82, 2.24) is 15.2 Å². The number of benzene rings is 2. The number of para-hydroxylation sites is 1. The lowest BCUT2D eigenvalue weighted by molar-refractivity contribution is -0.148. The van der Waals surface area contributed by atoms with Gasteiger partial charge in [-0.25, -0.2) is 4.79 Å². The molecule has 39 heavy (non-hydrogen) atoms. The Balaban J connectivity index is 1.38. The molecule has 1 aliphatic rings. The van der Waals surface area contributed by atoms with Crippen molar-refractivity contribution in [2.45, 2.75) is 52.4 Å². The molecule has 1 fully saturated rings. The second kappa shape index (κ2) is 11.7. The first-order chi connectivity index (χ1) is 18.5. The monoisotopic (exact) mass is 533 g/mol. The summed E-state index contributed by atoms with van der Waals surface area (Å²) in [5.74, 6) is -0.886. The zero-order valence-electron chi connectivity index (χ0n) is 23.0. The number of amides is 2. The van der Waals surface area contributed by atoms with E-state index in [1.807, 2.05) is 37.3 Å². The maximum Gasteiger partial charge on any atom is 0.410 e. The van der Waals surface area contributed by atoms with Gasteiger partial charge in [0.1, 0.15) is 18.0 Å². The van der Waals surface area contributed by atoms with E-state index in [1.54, 1.807) is 45.0 Å². The number of piperidine rings is 1. The maximum atomic E-state index is 13.0. The number of hydrogen-bond acceptors (Lipinski definition) is 7. The van der Waals surface area contributed by atoms with Crippen LogP contribution in [-0.4, -0.2) is 59.7 Å². The number of aromatic nitrogens is 1. The Morgan fingerprint density at radius 1 is 1.08 bits per heavy atom. The van der Waals surface area contributed by atoms with E-state index in [1.165, 1.54) is 12.0 Å². The third-order valence-electron chi connectivity index (χ3n) is 6.53. The van der Waals surface area contributed by atoms with Gasteiger partial charge in [0.2, 0.25) is 0 Å². The molecule has 0 aliphatic carbocycles. The summed E-state index contributed by atoms with van der Waals surface area (Å²) in [5, 5.41) is 3.98. The second-order valence-corrected chi connectivity index (χ2v) is 10.7. The molecule has 0 spiro atoms. The van der Waals surface area contributed by atoms with Crippen molar-refractivity contribution in [1.29, 1.82) is 0 Å². The molecule has 2 heterocycles. The fraction of sp³-hybridized carbons (Fsp3) is 0.400. The fourth-order valence-corrected chi connectivity index (χ4v) is 4.64. The van der Waals surface area contributed by atoms with Gasteiger partial charge >= 0.3 is 12.1 Å². The van der Waals surface area contributed by atoms with E-state index in [0.29, 0.717) is 30.9 Å². The number of likely N-dealkylation sites (tertiary alicyclic amines) is 1. The highest BCUT2D eigenvalue weighted by molar-refractivity contribution is 5.95. The van der Waals surface area contributed by atoms with E-state index in [0.717, 1.165) is 22.2 Å². The van der Waals surface area contributed by atoms with Crippen LogP contribution in [0.4, 0.5) is 4.79 Å². The van der Waals surface area contributed by atoms with Gasteiger partial charge < -0.3 is 24.4 Å². The van der Waals surface area contributed by atoms with Crippen LogP contribution in [-0.2, 0) is 20.9 Å². The average molecular weight is 534 g/mol. The molecule has 0 bridgehead atoms. The minimum atomic E-state index is -0.707. The van der Waals surface area contributed by atoms with Crippen molar-refractivity contribution in [3.05, 3.63) is 71.4 Å². The Morgan fingerprint density at radius 3 is 2.49 bits per heavy atom.